The van der Waals surface area contributed by atoms with Gasteiger partial charge in [-0.15, -0.1) is 0 Å². The van der Waals surface area contributed by atoms with Crippen LogP contribution in [0, 0.1) is 0 Å². The lowest BCUT2D eigenvalue weighted by Crippen LogP contribution is -2.00. The smallest absolute Gasteiger partial charge is 0.164 e. The number of hydrogen-bond acceptors (Lipinski definition) is 5. The summed E-state index contributed by atoms with van der Waals surface area (Å²) in [4.78, 5) is 15.4. The van der Waals surface area contributed by atoms with Crippen molar-refractivity contribution < 1.29 is 8.83 Å². The molecule has 3 heterocycles. The summed E-state index contributed by atoms with van der Waals surface area (Å²) in [7, 11) is 0. The molecule has 0 saturated carbocycles. The first kappa shape index (κ1) is 30.3. The van der Waals surface area contributed by atoms with E-state index in [1.807, 2.05) is 72.8 Å². The summed E-state index contributed by atoms with van der Waals surface area (Å²) < 4.78 is 12.8. The van der Waals surface area contributed by atoms with E-state index in [1.54, 1.807) is 0 Å². The third-order valence-corrected chi connectivity index (χ3v) is 10.3. The number of fused-ring (bicyclic) bond motifs is 7. The monoisotopic (exact) mass is 691 g/mol. The summed E-state index contributed by atoms with van der Waals surface area (Å²) in [5.74, 6) is 1.75. The highest BCUT2D eigenvalue weighted by Gasteiger charge is 2.19. The first-order valence-corrected chi connectivity index (χ1v) is 18.0. The third kappa shape index (κ3) is 4.98. The zero-order chi connectivity index (χ0) is 35.6. The predicted molar refractivity (Wildman–Crippen MR) is 219 cm³/mol. The summed E-state index contributed by atoms with van der Waals surface area (Å²) in [5, 5.41) is 6.34. The Hall–Kier alpha value is -7.37. The van der Waals surface area contributed by atoms with Crippen LogP contribution in [-0.2, 0) is 0 Å². The van der Waals surface area contributed by atoms with E-state index in [-0.39, 0.29) is 0 Å². The molecule has 0 atom stereocenters. The molecule has 0 unspecified atom stereocenters. The molecule has 54 heavy (non-hydrogen) atoms. The van der Waals surface area contributed by atoms with Gasteiger partial charge in [0, 0.05) is 38.2 Å². The molecular weight excluding hydrogens is 663 g/mol. The van der Waals surface area contributed by atoms with Gasteiger partial charge in [0.2, 0.25) is 0 Å². The average molecular weight is 692 g/mol. The highest BCUT2D eigenvalue weighted by molar-refractivity contribution is 6.14. The normalized spacial score (nSPS) is 11.7. The molecule has 0 amide bonds. The quantitative estimate of drug-likeness (QED) is 0.180. The number of nitrogens with zero attached hydrogens (tertiary/aromatic N) is 3. The minimum absolute atomic E-state index is 0.577. The molecule has 0 saturated heterocycles. The maximum atomic E-state index is 6.44. The molecule has 0 aliphatic rings. The van der Waals surface area contributed by atoms with Crippen molar-refractivity contribution in [3.63, 3.8) is 0 Å². The number of furan rings is 2. The lowest BCUT2D eigenvalue weighted by atomic mass is 9.96. The van der Waals surface area contributed by atoms with Crippen molar-refractivity contribution in [3.8, 4) is 56.4 Å². The molecule has 5 heteroatoms. The van der Waals surface area contributed by atoms with Crippen molar-refractivity contribution in [1.29, 1.82) is 0 Å². The zero-order valence-electron chi connectivity index (χ0n) is 28.9. The molecule has 5 nitrogen and oxygen atoms in total. The van der Waals surface area contributed by atoms with Gasteiger partial charge in [-0.2, -0.15) is 0 Å². The van der Waals surface area contributed by atoms with Gasteiger partial charge < -0.3 is 8.83 Å². The Morgan fingerprint density at radius 3 is 1.65 bits per heavy atom. The van der Waals surface area contributed by atoms with Crippen LogP contribution in [0.5, 0.6) is 0 Å². The summed E-state index contributed by atoms with van der Waals surface area (Å²) in [6, 6.07) is 60.5. The molecule has 0 aliphatic heterocycles. The number of hydrogen-bond donors (Lipinski definition) is 0. The summed E-state index contributed by atoms with van der Waals surface area (Å²) in [6.07, 6.45) is 0. The van der Waals surface area contributed by atoms with Crippen molar-refractivity contribution in [3.05, 3.63) is 176 Å². The highest BCUT2D eigenvalue weighted by atomic mass is 16.3. The Labute approximate surface area is 309 Å². The van der Waals surface area contributed by atoms with Crippen LogP contribution in [0.25, 0.3) is 111 Å². The molecule has 11 aromatic rings. The van der Waals surface area contributed by atoms with E-state index in [0.29, 0.717) is 17.5 Å². The van der Waals surface area contributed by atoms with Crippen LogP contribution in [0.15, 0.2) is 185 Å². The Bertz CT molecular complexity index is 3200. The van der Waals surface area contributed by atoms with E-state index in [0.717, 1.165) is 77.1 Å². The van der Waals surface area contributed by atoms with Gasteiger partial charge in [0.15, 0.2) is 17.5 Å². The van der Waals surface area contributed by atoms with E-state index in [9.17, 15) is 0 Å². The molecule has 8 aromatic carbocycles. The van der Waals surface area contributed by atoms with Crippen LogP contribution in [0.3, 0.4) is 0 Å². The van der Waals surface area contributed by atoms with Gasteiger partial charge in [0.1, 0.15) is 22.3 Å². The molecule has 0 radical (unpaired) electrons. The van der Waals surface area contributed by atoms with Crippen LogP contribution in [0.4, 0.5) is 0 Å². The van der Waals surface area contributed by atoms with Crippen molar-refractivity contribution in [2.24, 2.45) is 0 Å². The van der Waals surface area contributed by atoms with Crippen molar-refractivity contribution >= 4 is 54.6 Å². The Morgan fingerprint density at radius 1 is 0.296 bits per heavy atom. The second kappa shape index (κ2) is 12.1. The van der Waals surface area contributed by atoms with E-state index in [1.165, 1.54) is 16.5 Å². The molecule has 0 N–H and O–H groups in total. The lowest BCUT2D eigenvalue weighted by molar-refractivity contribution is 0.669. The van der Waals surface area contributed by atoms with E-state index >= 15 is 0 Å². The topological polar surface area (TPSA) is 65.0 Å². The SMILES string of the molecule is c1ccc(-c2ccc3oc4cccc(-c5nc(-c6ccccc6)nc(-c6ccc7oc8cc9cccc(-c%10ccccc%10)c9cc8c7c6)n5)c4c3c2)cc1. The van der Waals surface area contributed by atoms with Crippen LogP contribution in [0.1, 0.15) is 0 Å². The van der Waals surface area contributed by atoms with E-state index in [4.69, 9.17) is 23.8 Å². The molecule has 252 valence electrons. The van der Waals surface area contributed by atoms with Gasteiger partial charge in [-0.3, -0.25) is 0 Å². The lowest BCUT2D eigenvalue weighted by Gasteiger charge is -2.09. The van der Waals surface area contributed by atoms with Crippen molar-refractivity contribution in [1.82, 2.24) is 15.0 Å². The Kier molecular flexibility index (Phi) is 6.79. The summed E-state index contributed by atoms with van der Waals surface area (Å²) in [6.45, 7) is 0. The highest BCUT2D eigenvalue weighted by Crippen LogP contribution is 2.40. The van der Waals surface area contributed by atoms with Crippen molar-refractivity contribution in [2.75, 3.05) is 0 Å². The molecule has 3 aromatic heterocycles. The van der Waals surface area contributed by atoms with Crippen LogP contribution >= 0.6 is 0 Å². The summed E-state index contributed by atoms with van der Waals surface area (Å²) >= 11 is 0. The summed E-state index contributed by atoms with van der Waals surface area (Å²) in [5.41, 5.74) is 10.5. The maximum Gasteiger partial charge on any atom is 0.164 e. The van der Waals surface area contributed by atoms with Crippen LogP contribution in [0.2, 0.25) is 0 Å². The fourth-order valence-corrected chi connectivity index (χ4v) is 7.72. The maximum absolute atomic E-state index is 6.44. The zero-order valence-corrected chi connectivity index (χ0v) is 28.9. The van der Waals surface area contributed by atoms with Gasteiger partial charge in [-0.25, -0.2) is 15.0 Å². The molecule has 0 fully saturated rings. The first-order chi connectivity index (χ1) is 26.7. The van der Waals surface area contributed by atoms with Gasteiger partial charge in [0.05, 0.1) is 0 Å². The van der Waals surface area contributed by atoms with Gasteiger partial charge in [0.25, 0.3) is 0 Å². The molecule has 0 aliphatic carbocycles. The Balaban J connectivity index is 1.12. The molecule has 0 spiro atoms. The predicted octanol–water partition coefficient (Wildman–Crippen LogP) is 13.2. The molecular formula is C49H29N3O2. The number of benzene rings is 8. The second-order valence-corrected chi connectivity index (χ2v) is 13.6. The van der Waals surface area contributed by atoms with Gasteiger partial charge >= 0.3 is 0 Å². The minimum Gasteiger partial charge on any atom is -0.456 e. The van der Waals surface area contributed by atoms with Crippen LogP contribution < -0.4 is 0 Å². The average Bonchev–Trinajstić information content (AvgIpc) is 3.80. The van der Waals surface area contributed by atoms with E-state index in [2.05, 4.69) is 103 Å². The van der Waals surface area contributed by atoms with Gasteiger partial charge in [-0.1, -0.05) is 127 Å². The largest absolute Gasteiger partial charge is 0.456 e. The second-order valence-electron chi connectivity index (χ2n) is 13.6. The number of aromatic nitrogens is 3. The Morgan fingerprint density at radius 2 is 0.870 bits per heavy atom. The minimum atomic E-state index is 0.577. The van der Waals surface area contributed by atoms with Crippen molar-refractivity contribution in [2.45, 2.75) is 0 Å². The fourth-order valence-electron chi connectivity index (χ4n) is 7.72. The molecule has 11 rings (SSSR count). The standard InChI is InChI=1S/C49H29N3O2/c1-4-12-30(13-5-1)33-22-24-43-41(26-33)46-37(20-11-21-44(46)53-43)49-51-47(32-16-8-3-9-17-32)50-48(52-49)35-23-25-42-39(27-35)40-29-38-34(28-45(40)54-42)18-10-19-36(38)31-14-6-2-7-15-31/h1-29H. The number of rotatable bonds is 5. The fraction of sp³-hybridized carbons (Fsp3) is 0. The third-order valence-electron chi connectivity index (χ3n) is 10.3. The van der Waals surface area contributed by atoms with E-state index < -0.39 is 0 Å². The van der Waals surface area contributed by atoms with Gasteiger partial charge in [-0.05, 0) is 81.6 Å². The molecule has 0 bridgehead atoms. The first-order valence-electron chi connectivity index (χ1n) is 18.0. The van der Waals surface area contributed by atoms with Crippen LogP contribution in [-0.4, -0.2) is 15.0 Å².